The Bertz CT molecular complexity index is 214. The van der Waals surface area contributed by atoms with Crippen LogP contribution in [0.4, 0.5) is 0 Å². The maximum absolute atomic E-state index is 5.59. The van der Waals surface area contributed by atoms with Gasteiger partial charge in [-0.05, 0) is 19.1 Å². The maximum Gasteiger partial charge on any atom is 0.123 e. The smallest absolute Gasteiger partial charge is 0.123 e. The molecule has 0 saturated heterocycles. The van der Waals surface area contributed by atoms with Gasteiger partial charge in [0, 0.05) is 19.0 Å². The highest BCUT2D eigenvalue weighted by Gasteiger charge is 1.83. The van der Waals surface area contributed by atoms with Crippen LogP contribution in [-0.2, 0) is 0 Å². The van der Waals surface area contributed by atoms with Crippen LogP contribution in [0, 0.1) is 0 Å². The van der Waals surface area contributed by atoms with Crippen molar-refractivity contribution in [1.29, 1.82) is 0 Å². The van der Waals surface area contributed by atoms with Gasteiger partial charge in [-0.1, -0.05) is 18.2 Å². The average Bonchev–Trinajstić information content (AvgIpc) is 2.01. The lowest BCUT2D eigenvalue weighted by Gasteiger charge is -1.86. The molecule has 0 saturated carbocycles. The number of hydrogen-bond donors (Lipinski definition) is 0. The minimum absolute atomic E-state index is 0.462. The molecule has 0 amide bonds. The second-order valence-corrected chi connectivity index (χ2v) is 2.22. The van der Waals surface area contributed by atoms with Crippen LogP contribution in [0.3, 0.4) is 0 Å². The lowest BCUT2D eigenvalue weighted by atomic mass is 10.4. The van der Waals surface area contributed by atoms with Crippen LogP contribution in [0.1, 0.15) is 6.92 Å². The Morgan fingerprint density at radius 3 is 2.55 bits per heavy atom. The van der Waals surface area contributed by atoms with Gasteiger partial charge in [0.15, 0.2) is 0 Å². The summed E-state index contributed by atoms with van der Waals surface area (Å²) in [7, 11) is 1.63. The molecule has 0 aliphatic carbocycles. The molecule has 0 atom stereocenters. The van der Waals surface area contributed by atoms with E-state index in [0.29, 0.717) is 5.17 Å². The summed E-state index contributed by atoms with van der Waals surface area (Å²) in [6.07, 6.45) is 4.94. The first-order valence-electron chi connectivity index (χ1n) is 3.16. The lowest BCUT2D eigenvalue weighted by Crippen LogP contribution is -1.85. The standard InChI is InChI=1S/C8H11ClN2/c1-4-11-7(2)5-6-8(9)10-3/h4-6H,1H2,2-3H3/b6-5-,10-8?,11-7?. The molecule has 60 valence electrons. The zero-order valence-corrected chi connectivity index (χ0v) is 7.47. The van der Waals surface area contributed by atoms with Crippen LogP contribution in [0.15, 0.2) is 34.9 Å². The Morgan fingerprint density at radius 2 is 2.09 bits per heavy atom. The predicted octanol–water partition coefficient (Wildman–Crippen LogP) is 2.41. The van der Waals surface area contributed by atoms with Crippen molar-refractivity contribution in [2.24, 2.45) is 9.98 Å². The summed E-state index contributed by atoms with van der Waals surface area (Å²) in [6, 6.07) is 0. The van der Waals surface area contributed by atoms with Gasteiger partial charge in [0.1, 0.15) is 5.17 Å². The molecule has 0 spiro atoms. The van der Waals surface area contributed by atoms with Crippen molar-refractivity contribution in [3.8, 4) is 0 Å². The first-order valence-corrected chi connectivity index (χ1v) is 3.54. The molecule has 0 unspecified atom stereocenters. The SMILES string of the molecule is C=CN=C(C)/C=C\C(Cl)=NC. The fourth-order valence-electron chi connectivity index (χ4n) is 0.451. The number of nitrogens with zero attached hydrogens (tertiary/aromatic N) is 2. The molecule has 0 aromatic heterocycles. The van der Waals surface area contributed by atoms with Crippen LogP contribution in [0.2, 0.25) is 0 Å². The summed E-state index contributed by atoms with van der Waals surface area (Å²) in [6.45, 7) is 5.32. The van der Waals surface area contributed by atoms with Gasteiger partial charge in [0.2, 0.25) is 0 Å². The lowest BCUT2D eigenvalue weighted by molar-refractivity contribution is 1.47. The molecule has 0 fully saturated rings. The second-order valence-electron chi connectivity index (χ2n) is 1.83. The third-order valence-corrected chi connectivity index (χ3v) is 1.27. The van der Waals surface area contributed by atoms with E-state index in [0.717, 1.165) is 5.71 Å². The van der Waals surface area contributed by atoms with Crippen LogP contribution >= 0.6 is 11.6 Å². The van der Waals surface area contributed by atoms with Crippen LogP contribution in [-0.4, -0.2) is 17.9 Å². The van der Waals surface area contributed by atoms with E-state index in [-0.39, 0.29) is 0 Å². The largest absolute Gasteiger partial charge is 0.277 e. The first-order chi connectivity index (χ1) is 5.20. The normalized spacial score (nSPS) is 14.1. The molecule has 0 aromatic rings. The number of rotatable bonds is 3. The molecular weight excluding hydrogens is 160 g/mol. The first kappa shape index (κ1) is 10.1. The second kappa shape index (κ2) is 5.86. The van der Waals surface area contributed by atoms with Crippen molar-refractivity contribution in [3.05, 3.63) is 24.9 Å². The molecule has 0 heterocycles. The van der Waals surface area contributed by atoms with E-state index in [2.05, 4.69) is 16.6 Å². The van der Waals surface area contributed by atoms with E-state index in [4.69, 9.17) is 11.6 Å². The fourth-order valence-corrected chi connectivity index (χ4v) is 0.514. The van der Waals surface area contributed by atoms with Crippen molar-refractivity contribution < 1.29 is 0 Å². The minimum Gasteiger partial charge on any atom is -0.277 e. The summed E-state index contributed by atoms with van der Waals surface area (Å²) < 4.78 is 0. The Balaban J connectivity index is 4.13. The summed E-state index contributed by atoms with van der Waals surface area (Å²) >= 11 is 5.59. The molecule has 3 heteroatoms. The van der Waals surface area contributed by atoms with Gasteiger partial charge in [-0.15, -0.1) is 0 Å². The van der Waals surface area contributed by atoms with Crippen LogP contribution in [0.5, 0.6) is 0 Å². The summed E-state index contributed by atoms with van der Waals surface area (Å²) in [5, 5.41) is 0.462. The Morgan fingerprint density at radius 1 is 1.45 bits per heavy atom. The molecule has 0 aliphatic rings. The van der Waals surface area contributed by atoms with Gasteiger partial charge in [0.05, 0.1) is 0 Å². The van der Waals surface area contributed by atoms with E-state index in [1.807, 2.05) is 6.92 Å². The summed E-state index contributed by atoms with van der Waals surface area (Å²) in [5.74, 6) is 0. The zero-order valence-electron chi connectivity index (χ0n) is 6.71. The highest BCUT2D eigenvalue weighted by molar-refractivity contribution is 6.68. The quantitative estimate of drug-likeness (QED) is 0.582. The van der Waals surface area contributed by atoms with Crippen molar-refractivity contribution in [2.45, 2.75) is 6.92 Å². The number of allylic oxidation sites excluding steroid dienone is 2. The maximum atomic E-state index is 5.59. The summed E-state index contributed by atoms with van der Waals surface area (Å²) in [5.41, 5.74) is 0.849. The van der Waals surface area contributed by atoms with E-state index >= 15 is 0 Å². The Hall–Kier alpha value is -0.890. The third kappa shape index (κ3) is 5.55. The zero-order chi connectivity index (χ0) is 8.69. The van der Waals surface area contributed by atoms with Gasteiger partial charge in [-0.2, -0.15) is 0 Å². The number of halogens is 1. The topological polar surface area (TPSA) is 24.7 Å². The Kier molecular flexibility index (Phi) is 5.39. The molecule has 0 aliphatic heterocycles. The molecular formula is C8H11ClN2. The van der Waals surface area contributed by atoms with Gasteiger partial charge >= 0.3 is 0 Å². The minimum atomic E-state index is 0.462. The third-order valence-electron chi connectivity index (χ3n) is 0.971. The Labute approximate surface area is 72.0 Å². The van der Waals surface area contributed by atoms with Crippen molar-refractivity contribution in [1.82, 2.24) is 0 Å². The average molecular weight is 171 g/mol. The molecule has 0 rings (SSSR count). The van der Waals surface area contributed by atoms with Gasteiger partial charge in [0.25, 0.3) is 0 Å². The van der Waals surface area contributed by atoms with E-state index < -0.39 is 0 Å². The van der Waals surface area contributed by atoms with Crippen molar-refractivity contribution in [3.63, 3.8) is 0 Å². The van der Waals surface area contributed by atoms with Crippen LogP contribution < -0.4 is 0 Å². The van der Waals surface area contributed by atoms with E-state index in [1.54, 1.807) is 19.2 Å². The molecule has 0 N–H and O–H groups in total. The van der Waals surface area contributed by atoms with E-state index in [1.165, 1.54) is 6.20 Å². The predicted molar refractivity (Wildman–Crippen MR) is 51.7 cm³/mol. The molecule has 0 aromatic carbocycles. The number of aliphatic imine (C=N–C) groups is 2. The van der Waals surface area contributed by atoms with Gasteiger partial charge in [-0.3, -0.25) is 9.98 Å². The molecule has 11 heavy (non-hydrogen) atoms. The molecule has 0 bridgehead atoms. The van der Waals surface area contributed by atoms with Crippen LogP contribution in [0.25, 0.3) is 0 Å². The van der Waals surface area contributed by atoms with Gasteiger partial charge in [-0.25, -0.2) is 0 Å². The molecule has 0 radical (unpaired) electrons. The molecule has 2 nitrogen and oxygen atoms in total. The fraction of sp³-hybridized carbons (Fsp3) is 0.250. The number of hydrogen-bond acceptors (Lipinski definition) is 2. The highest BCUT2D eigenvalue weighted by atomic mass is 35.5. The van der Waals surface area contributed by atoms with Crippen molar-refractivity contribution >= 4 is 22.5 Å². The van der Waals surface area contributed by atoms with Gasteiger partial charge < -0.3 is 0 Å². The van der Waals surface area contributed by atoms with Crippen molar-refractivity contribution in [2.75, 3.05) is 7.05 Å². The van der Waals surface area contributed by atoms with E-state index in [9.17, 15) is 0 Å². The highest BCUT2D eigenvalue weighted by Crippen LogP contribution is 1.89. The monoisotopic (exact) mass is 170 g/mol. The summed E-state index contributed by atoms with van der Waals surface area (Å²) in [4.78, 5) is 7.65.